The van der Waals surface area contributed by atoms with E-state index in [1.807, 2.05) is 0 Å². The lowest BCUT2D eigenvalue weighted by Crippen LogP contribution is -2.30. The fraction of sp³-hybridized carbons (Fsp3) is 0.120. The minimum absolute atomic E-state index is 0.226. The Labute approximate surface area is 189 Å². The highest BCUT2D eigenvalue weighted by molar-refractivity contribution is 5.94. The Balaban J connectivity index is 1.66. The number of carbonyl (C=O) groups is 1. The van der Waals surface area contributed by atoms with Crippen molar-refractivity contribution in [1.82, 2.24) is 20.3 Å². The summed E-state index contributed by atoms with van der Waals surface area (Å²) in [6.45, 7) is 0. The lowest BCUT2D eigenvalue weighted by atomic mass is 10.0. The first-order valence-corrected chi connectivity index (χ1v) is 10.2. The van der Waals surface area contributed by atoms with Crippen LogP contribution in [0, 0.1) is 5.82 Å². The van der Waals surface area contributed by atoms with Crippen LogP contribution < -0.4 is 15.6 Å². The number of hydrogen-bond donors (Lipinski definition) is 2. The molecule has 0 unspecified atom stereocenters. The van der Waals surface area contributed by atoms with Crippen LogP contribution in [0.15, 0.2) is 83.9 Å². The van der Waals surface area contributed by atoms with Gasteiger partial charge in [0.2, 0.25) is 0 Å². The number of methoxy groups -OCH3 is 1. The second-order valence-corrected chi connectivity index (χ2v) is 7.33. The number of H-pyrrole nitrogens is 1. The summed E-state index contributed by atoms with van der Waals surface area (Å²) in [7, 11) is 1.53. The molecule has 0 aliphatic rings. The third-order valence-corrected chi connectivity index (χ3v) is 5.07. The third kappa shape index (κ3) is 5.48. The number of halogens is 1. The lowest BCUT2D eigenvalue weighted by Gasteiger charge is -2.20. The molecule has 1 amide bonds. The molecule has 2 heterocycles. The van der Waals surface area contributed by atoms with Crippen molar-refractivity contribution in [3.05, 3.63) is 112 Å². The molecule has 166 valence electrons. The molecule has 2 aromatic heterocycles. The van der Waals surface area contributed by atoms with Crippen LogP contribution in [0.2, 0.25) is 0 Å². The summed E-state index contributed by atoms with van der Waals surface area (Å²) in [5, 5.41) is 2.97. The number of nitrogens with one attached hydrogen (secondary N) is 2. The molecule has 0 spiro atoms. The van der Waals surface area contributed by atoms with E-state index in [1.165, 1.54) is 25.3 Å². The molecule has 2 N–H and O–H groups in total. The molecule has 4 rings (SSSR count). The Kier molecular flexibility index (Phi) is 6.54. The molecule has 1 atom stereocenters. The number of carbonyl (C=O) groups excluding carboxylic acids is 1. The van der Waals surface area contributed by atoms with E-state index in [2.05, 4.69) is 20.3 Å². The highest BCUT2D eigenvalue weighted by atomic mass is 19.1. The number of rotatable bonds is 7. The number of aromatic amines is 1. The topological polar surface area (TPSA) is 97.0 Å². The van der Waals surface area contributed by atoms with Gasteiger partial charge in [0.15, 0.2) is 0 Å². The second kappa shape index (κ2) is 9.86. The first-order chi connectivity index (χ1) is 16.0. The van der Waals surface area contributed by atoms with Gasteiger partial charge in [-0.25, -0.2) is 9.37 Å². The summed E-state index contributed by atoms with van der Waals surface area (Å²) in [6.07, 6.45) is 3.44. The Morgan fingerprint density at radius 2 is 1.85 bits per heavy atom. The quantitative estimate of drug-likeness (QED) is 0.453. The molecule has 2 aromatic carbocycles. The Bertz CT molecular complexity index is 1310. The first kappa shape index (κ1) is 21.9. The van der Waals surface area contributed by atoms with Gasteiger partial charge in [0.05, 0.1) is 18.8 Å². The number of pyridine rings is 1. The number of nitrogens with zero attached hydrogens (tertiary/aromatic N) is 2. The zero-order chi connectivity index (χ0) is 23.2. The Hall–Kier alpha value is -4.33. The SMILES string of the molecule is COc1cccc(C(=O)N[C@@H](Cc2cc(=O)[nH]c(-c3ccncc3)n2)c2ccc(F)cc2)c1. The number of benzene rings is 2. The van der Waals surface area contributed by atoms with E-state index in [4.69, 9.17) is 4.74 Å². The molecule has 0 saturated heterocycles. The summed E-state index contributed by atoms with van der Waals surface area (Å²) in [6, 6.07) is 16.9. The van der Waals surface area contributed by atoms with Crippen molar-refractivity contribution in [3.8, 4) is 17.1 Å². The zero-order valence-electron chi connectivity index (χ0n) is 17.8. The molecule has 4 aromatic rings. The van der Waals surface area contributed by atoms with Crippen molar-refractivity contribution < 1.29 is 13.9 Å². The van der Waals surface area contributed by atoms with Crippen LogP contribution in [0.4, 0.5) is 4.39 Å². The average Bonchev–Trinajstić information content (AvgIpc) is 2.84. The van der Waals surface area contributed by atoms with Crippen molar-refractivity contribution in [2.75, 3.05) is 7.11 Å². The standard InChI is InChI=1S/C25H21FN4O3/c1-33-21-4-2-3-18(13-21)25(32)29-22(16-5-7-19(26)8-6-16)14-20-15-23(31)30-24(28-20)17-9-11-27-12-10-17/h2-13,15,22H,14H2,1H3,(H,29,32)(H,28,30,31)/t22-/m0/s1. The average molecular weight is 444 g/mol. The summed E-state index contributed by atoms with van der Waals surface area (Å²) in [5.74, 6) is 0.240. The van der Waals surface area contributed by atoms with Crippen molar-refractivity contribution in [1.29, 1.82) is 0 Å². The molecule has 0 fully saturated rings. The maximum absolute atomic E-state index is 13.5. The summed E-state index contributed by atoms with van der Waals surface area (Å²) in [5.41, 5.74) is 1.97. The summed E-state index contributed by atoms with van der Waals surface area (Å²) >= 11 is 0. The van der Waals surface area contributed by atoms with Crippen LogP contribution >= 0.6 is 0 Å². The van der Waals surface area contributed by atoms with Crippen LogP contribution in [0.1, 0.15) is 27.7 Å². The van der Waals surface area contributed by atoms with E-state index >= 15 is 0 Å². The van der Waals surface area contributed by atoms with E-state index in [9.17, 15) is 14.0 Å². The van der Waals surface area contributed by atoms with E-state index < -0.39 is 6.04 Å². The smallest absolute Gasteiger partial charge is 0.251 e. The lowest BCUT2D eigenvalue weighted by molar-refractivity contribution is 0.0936. The minimum atomic E-state index is -0.552. The number of amides is 1. The van der Waals surface area contributed by atoms with Gasteiger partial charge in [0, 0.05) is 36.0 Å². The molecule has 0 bridgehead atoms. The van der Waals surface area contributed by atoms with Gasteiger partial charge in [-0.1, -0.05) is 18.2 Å². The molecule has 7 nitrogen and oxygen atoms in total. The molecular weight excluding hydrogens is 423 g/mol. The maximum Gasteiger partial charge on any atom is 0.251 e. The van der Waals surface area contributed by atoms with Gasteiger partial charge in [-0.3, -0.25) is 14.6 Å². The van der Waals surface area contributed by atoms with Gasteiger partial charge < -0.3 is 15.0 Å². The van der Waals surface area contributed by atoms with E-state index in [-0.39, 0.29) is 23.7 Å². The van der Waals surface area contributed by atoms with E-state index in [0.717, 1.165) is 0 Å². The van der Waals surface area contributed by atoms with Gasteiger partial charge in [0.25, 0.3) is 11.5 Å². The van der Waals surface area contributed by atoms with Crippen LogP contribution in [0.5, 0.6) is 5.75 Å². The molecule has 0 radical (unpaired) electrons. The molecule has 0 aliphatic carbocycles. The Morgan fingerprint density at radius 3 is 2.58 bits per heavy atom. The van der Waals surface area contributed by atoms with Gasteiger partial charge in [-0.2, -0.15) is 0 Å². The van der Waals surface area contributed by atoms with Gasteiger partial charge in [-0.05, 0) is 48.0 Å². The highest BCUT2D eigenvalue weighted by Crippen LogP contribution is 2.21. The van der Waals surface area contributed by atoms with Gasteiger partial charge in [-0.15, -0.1) is 0 Å². The highest BCUT2D eigenvalue weighted by Gasteiger charge is 2.19. The van der Waals surface area contributed by atoms with E-state index in [1.54, 1.807) is 60.9 Å². The maximum atomic E-state index is 13.5. The largest absolute Gasteiger partial charge is 0.497 e. The van der Waals surface area contributed by atoms with Gasteiger partial charge in [0.1, 0.15) is 17.4 Å². The van der Waals surface area contributed by atoms with Crippen LogP contribution in [-0.2, 0) is 6.42 Å². The Morgan fingerprint density at radius 1 is 1.09 bits per heavy atom. The number of ether oxygens (including phenoxy) is 1. The van der Waals surface area contributed by atoms with Crippen LogP contribution in [-0.4, -0.2) is 28.0 Å². The predicted molar refractivity (Wildman–Crippen MR) is 121 cm³/mol. The molecule has 0 aliphatic heterocycles. The molecule has 8 heteroatoms. The summed E-state index contributed by atoms with van der Waals surface area (Å²) in [4.78, 5) is 36.5. The number of hydrogen-bond acceptors (Lipinski definition) is 5. The molecule has 33 heavy (non-hydrogen) atoms. The zero-order valence-corrected chi connectivity index (χ0v) is 17.8. The van der Waals surface area contributed by atoms with Crippen molar-refractivity contribution in [3.63, 3.8) is 0 Å². The summed E-state index contributed by atoms with van der Waals surface area (Å²) < 4.78 is 18.7. The van der Waals surface area contributed by atoms with Crippen molar-refractivity contribution >= 4 is 5.91 Å². The van der Waals surface area contributed by atoms with Crippen molar-refractivity contribution in [2.24, 2.45) is 0 Å². The minimum Gasteiger partial charge on any atom is -0.497 e. The molecule has 0 saturated carbocycles. The second-order valence-electron chi connectivity index (χ2n) is 7.33. The number of aromatic nitrogens is 3. The van der Waals surface area contributed by atoms with Crippen LogP contribution in [0.25, 0.3) is 11.4 Å². The fourth-order valence-corrected chi connectivity index (χ4v) is 3.42. The monoisotopic (exact) mass is 444 g/mol. The third-order valence-electron chi connectivity index (χ3n) is 5.07. The van der Waals surface area contributed by atoms with Gasteiger partial charge >= 0.3 is 0 Å². The van der Waals surface area contributed by atoms with Crippen molar-refractivity contribution in [2.45, 2.75) is 12.5 Å². The fourth-order valence-electron chi connectivity index (χ4n) is 3.42. The normalized spacial score (nSPS) is 11.6. The molecular formula is C25H21FN4O3. The van der Waals surface area contributed by atoms with Crippen LogP contribution in [0.3, 0.4) is 0 Å². The first-order valence-electron chi connectivity index (χ1n) is 10.2. The predicted octanol–water partition coefficient (Wildman–Crippen LogP) is 3.69. The van der Waals surface area contributed by atoms with E-state index in [0.29, 0.717) is 34.0 Å².